The SMILES string of the molecule is CC(CCc1cnc[nH]1)C(=O)O. The number of imidazole rings is 1. The van der Waals surface area contributed by atoms with Crippen LogP contribution < -0.4 is 0 Å². The molecule has 66 valence electrons. The van der Waals surface area contributed by atoms with Gasteiger partial charge in [-0.1, -0.05) is 6.92 Å². The summed E-state index contributed by atoms with van der Waals surface area (Å²) in [6.45, 7) is 1.71. The summed E-state index contributed by atoms with van der Waals surface area (Å²) in [5.74, 6) is -1.03. The van der Waals surface area contributed by atoms with Crippen LogP contribution in [0.4, 0.5) is 0 Å². The predicted molar refractivity (Wildman–Crippen MR) is 43.7 cm³/mol. The molecule has 1 aromatic heterocycles. The molecule has 1 atom stereocenters. The molecule has 0 saturated heterocycles. The van der Waals surface area contributed by atoms with E-state index in [0.29, 0.717) is 6.42 Å². The van der Waals surface area contributed by atoms with Gasteiger partial charge in [-0.05, 0) is 12.8 Å². The first kappa shape index (κ1) is 8.77. The normalized spacial score (nSPS) is 12.8. The molecule has 0 aliphatic rings. The van der Waals surface area contributed by atoms with Gasteiger partial charge >= 0.3 is 5.97 Å². The van der Waals surface area contributed by atoms with E-state index in [1.165, 1.54) is 0 Å². The van der Waals surface area contributed by atoms with E-state index in [-0.39, 0.29) is 5.92 Å². The Labute approximate surface area is 70.6 Å². The Hall–Kier alpha value is -1.32. The molecule has 0 amide bonds. The number of aromatic amines is 1. The van der Waals surface area contributed by atoms with Crippen LogP contribution in [0.25, 0.3) is 0 Å². The van der Waals surface area contributed by atoms with Crippen molar-refractivity contribution in [3.8, 4) is 0 Å². The molecule has 1 heterocycles. The van der Waals surface area contributed by atoms with Crippen LogP contribution in [0.15, 0.2) is 12.5 Å². The van der Waals surface area contributed by atoms with Crippen LogP contribution in [0.3, 0.4) is 0 Å². The van der Waals surface area contributed by atoms with Gasteiger partial charge in [0, 0.05) is 11.9 Å². The number of aryl methyl sites for hydroxylation is 1. The van der Waals surface area contributed by atoms with Gasteiger partial charge in [0.1, 0.15) is 0 Å². The molecule has 0 bridgehead atoms. The third-order valence-corrected chi connectivity index (χ3v) is 1.82. The molecule has 0 aromatic carbocycles. The quantitative estimate of drug-likeness (QED) is 0.706. The largest absolute Gasteiger partial charge is 0.481 e. The van der Waals surface area contributed by atoms with E-state index in [1.54, 1.807) is 19.4 Å². The molecule has 4 nitrogen and oxygen atoms in total. The Morgan fingerprint density at radius 1 is 1.83 bits per heavy atom. The Kier molecular flexibility index (Phi) is 2.85. The summed E-state index contributed by atoms with van der Waals surface area (Å²) in [6, 6.07) is 0. The Morgan fingerprint density at radius 3 is 3.08 bits per heavy atom. The number of aliphatic carboxylic acids is 1. The van der Waals surface area contributed by atoms with Gasteiger partial charge in [0.05, 0.1) is 12.2 Å². The lowest BCUT2D eigenvalue weighted by Gasteiger charge is -2.02. The zero-order valence-electron chi connectivity index (χ0n) is 6.95. The van der Waals surface area contributed by atoms with Crippen molar-refractivity contribution >= 4 is 5.97 Å². The minimum atomic E-state index is -0.741. The highest BCUT2D eigenvalue weighted by Crippen LogP contribution is 2.06. The first-order valence-electron chi connectivity index (χ1n) is 3.90. The number of nitrogens with one attached hydrogen (secondary N) is 1. The molecule has 0 aliphatic heterocycles. The molecule has 0 spiro atoms. The van der Waals surface area contributed by atoms with Gasteiger partial charge in [0.2, 0.25) is 0 Å². The minimum Gasteiger partial charge on any atom is -0.481 e. The molecule has 0 saturated carbocycles. The van der Waals surface area contributed by atoms with Gasteiger partial charge in [-0.3, -0.25) is 4.79 Å². The lowest BCUT2D eigenvalue weighted by molar-refractivity contribution is -0.141. The maximum atomic E-state index is 10.4. The molecule has 4 heteroatoms. The van der Waals surface area contributed by atoms with E-state index in [1.807, 2.05) is 0 Å². The van der Waals surface area contributed by atoms with Gasteiger partial charge in [-0.2, -0.15) is 0 Å². The van der Waals surface area contributed by atoms with Crippen LogP contribution >= 0.6 is 0 Å². The molecule has 0 fully saturated rings. The molecule has 1 unspecified atom stereocenters. The fourth-order valence-electron chi connectivity index (χ4n) is 0.917. The van der Waals surface area contributed by atoms with Gasteiger partial charge < -0.3 is 10.1 Å². The van der Waals surface area contributed by atoms with Crippen LogP contribution in [-0.2, 0) is 11.2 Å². The number of carbonyl (C=O) groups is 1. The number of carboxylic acid groups (broad SMARTS) is 1. The second-order valence-corrected chi connectivity index (χ2v) is 2.85. The Balaban J connectivity index is 2.31. The molecular formula is C8H12N2O2. The number of carboxylic acids is 1. The smallest absolute Gasteiger partial charge is 0.306 e. The predicted octanol–water partition coefficient (Wildman–Crippen LogP) is 1.06. The van der Waals surface area contributed by atoms with Crippen molar-refractivity contribution in [2.24, 2.45) is 5.92 Å². The number of rotatable bonds is 4. The third-order valence-electron chi connectivity index (χ3n) is 1.82. The lowest BCUT2D eigenvalue weighted by atomic mass is 10.1. The topological polar surface area (TPSA) is 66.0 Å². The van der Waals surface area contributed by atoms with Crippen LogP contribution in [0.2, 0.25) is 0 Å². The van der Waals surface area contributed by atoms with Crippen LogP contribution in [0, 0.1) is 5.92 Å². The van der Waals surface area contributed by atoms with Crippen molar-refractivity contribution in [2.45, 2.75) is 19.8 Å². The molecular weight excluding hydrogens is 156 g/mol. The van der Waals surface area contributed by atoms with Crippen LogP contribution in [0.1, 0.15) is 19.0 Å². The minimum absolute atomic E-state index is 0.284. The molecule has 1 rings (SSSR count). The van der Waals surface area contributed by atoms with Crippen molar-refractivity contribution in [3.63, 3.8) is 0 Å². The maximum absolute atomic E-state index is 10.4. The standard InChI is InChI=1S/C8H12N2O2/c1-6(8(11)12)2-3-7-4-9-5-10-7/h4-6H,2-3H2,1H3,(H,9,10)(H,11,12). The summed E-state index contributed by atoms with van der Waals surface area (Å²) in [5, 5.41) is 8.58. The van der Waals surface area contributed by atoms with Crippen molar-refractivity contribution in [3.05, 3.63) is 18.2 Å². The fourth-order valence-corrected chi connectivity index (χ4v) is 0.917. The highest BCUT2D eigenvalue weighted by atomic mass is 16.4. The first-order chi connectivity index (χ1) is 5.70. The molecule has 1 aromatic rings. The van der Waals surface area contributed by atoms with E-state index >= 15 is 0 Å². The van der Waals surface area contributed by atoms with Gasteiger partial charge in [0.25, 0.3) is 0 Å². The lowest BCUT2D eigenvalue weighted by Crippen LogP contribution is -2.10. The number of nitrogens with zero attached hydrogens (tertiary/aromatic N) is 1. The second kappa shape index (κ2) is 3.90. The van der Waals surface area contributed by atoms with Crippen LogP contribution in [0.5, 0.6) is 0 Å². The van der Waals surface area contributed by atoms with Gasteiger partial charge in [-0.25, -0.2) is 4.98 Å². The van der Waals surface area contributed by atoms with Crippen molar-refractivity contribution < 1.29 is 9.90 Å². The fraction of sp³-hybridized carbons (Fsp3) is 0.500. The summed E-state index contributed by atoms with van der Waals surface area (Å²) >= 11 is 0. The summed E-state index contributed by atoms with van der Waals surface area (Å²) in [5.41, 5.74) is 0.989. The molecule has 0 aliphatic carbocycles. The number of aromatic nitrogens is 2. The summed E-state index contributed by atoms with van der Waals surface area (Å²) < 4.78 is 0. The highest BCUT2D eigenvalue weighted by Gasteiger charge is 2.10. The maximum Gasteiger partial charge on any atom is 0.306 e. The summed E-state index contributed by atoms with van der Waals surface area (Å²) in [4.78, 5) is 17.2. The molecule has 2 N–H and O–H groups in total. The monoisotopic (exact) mass is 168 g/mol. The molecule has 0 radical (unpaired) electrons. The van der Waals surface area contributed by atoms with Crippen molar-refractivity contribution in [1.29, 1.82) is 0 Å². The first-order valence-corrected chi connectivity index (χ1v) is 3.90. The van der Waals surface area contributed by atoms with E-state index in [9.17, 15) is 4.79 Å². The van der Waals surface area contributed by atoms with Gasteiger partial charge in [-0.15, -0.1) is 0 Å². The second-order valence-electron chi connectivity index (χ2n) is 2.85. The van der Waals surface area contributed by atoms with E-state index in [2.05, 4.69) is 9.97 Å². The van der Waals surface area contributed by atoms with Crippen LogP contribution in [-0.4, -0.2) is 21.0 Å². The van der Waals surface area contributed by atoms with Gasteiger partial charge in [0.15, 0.2) is 0 Å². The molecule has 12 heavy (non-hydrogen) atoms. The number of hydrogen-bond donors (Lipinski definition) is 2. The van der Waals surface area contributed by atoms with Crippen molar-refractivity contribution in [2.75, 3.05) is 0 Å². The van der Waals surface area contributed by atoms with E-state index < -0.39 is 5.97 Å². The number of H-pyrrole nitrogens is 1. The average Bonchev–Trinajstić information content (AvgIpc) is 2.51. The van der Waals surface area contributed by atoms with E-state index in [4.69, 9.17) is 5.11 Å². The Morgan fingerprint density at radius 2 is 2.58 bits per heavy atom. The average molecular weight is 168 g/mol. The van der Waals surface area contributed by atoms with Crippen molar-refractivity contribution in [1.82, 2.24) is 9.97 Å². The number of hydrogen-bond acceptors (Lipinski definition) is 2. The summed E-state index contributed by atoms with van der Waals surface area (Å²) in [6.07, 6.45) is 4.71. The third kappa shape index (κ3) is 2.38. The highest BCUT2D eigenvalue weighted by molar-refractivity contribution is 5.69. The zero-order valence-corrected chi connectivity index (χ0v) is 6.95. The summed E-state index contributed by atoms with van der Waals surface area (Å²) in [7, 11) is 0. The van der Waals surface area contributed by atoms with E-state index in [0.717, 1.165) is 12.1 Å². The Bertz CT molecular complexity index is 244. The zero-order chi connectivity index (χ0) is 8.97.